The van der Waals surface area contributed by atoms with Gasteiger partial charge in [0.05, 0.1) is 21.8 Å². The fourth-order valence-electron chi connectivity index (χ4n) is 8.81. The van der Waals surface area contributed by atoms with Gasteiger partial charge in [-0.3, -0.25) is 14.4 Å². The largest absolute Gasteiger partial charge is 0.483 e. The van der Waals surface area contributed by atoms with Crippen LogP contribution in [0.4, 0.5) is 0 Å². The molecule has 1 aromatic carbocycles. The van der Waals surface area contributed by atoms with Gasteiger partial charge in [-0.2, -0.15) is 0 Å². The second-order valence-electron chi connectivity index (χ2n) is 16.0. The van der Waals surface area contributed by atoms with E-state index >= 15 is 0 Å². The molecular formula is C36H42O11. The standard InChI is InChI=1S/C36H42O11/c1-10-18-17-20(37)19-11-12-21-22(23(19)42-18)24(43-28(40)35-15-13-33(8,26(38)46-35)31(35,4)5)25(30(2,3)45-21)44-29(41)36-16-14-34(9,27(39)47-36)32(36,6)7/h11-12,17,24-25H,10,13-16H2,1-9H3/t24-,25-,33+,34+,35-,36-/m1/s1. The molecule has 7 rings (SSSR count). The summed E-state index contributed by atoms with van der Waals surface area (Å²) in [4.78, 5) is 68.2. The number of hydrogen-bond acceptors (Lipinski definition) is 11. The summed E-state index contributed by atoms with van der Waals surface area (Å²) in [6.45, 7) is 16.1. The van der Waals surface area contributed by atoms with Crippen LogP contribution in [0.25, 0.3) is 11.0 Å². The second kappa shape index (κ2) is 9.17. The summed E-state index contributed by atoms with van der Waals surface area (Å²) in [6.07, 6.45) is -0.851. The van der Waals surface area contributed by atoms with Crippen molar-refractivity contribution in [2.45, 2.75) is 123 Å². The first-order chi connectivity index (χ1) is 21.7. The molecular weight excluding hydrogens is 608 g/mol. The molecule has 2 aromatic rings. The smallest absolute Gasteiger partial charge is 0.351 e. The van der Waals surface area contributed by atoms with Gasteiger partial charge in [-0.1, -0.05) is 34.6 Å². The molecule has 4 heterocycles. The Morgan fingerprint density at radius 3 is 1.77 bits per heavy atom. The predicted octanol–water partition coefficient (Wildman–Crippen LogP) is 5.27. The molecule has 0 spiro atoms. The Balaban J connectivity index is 1.38. The van der Waals surface area contributed by atoms with Crippen molar-refractivity contribution in [3.05, 3.63) is 39.7 Å². The minimum absolute atomic E-state index is 0.136. The zero-order valence-corrected chi connectivity index (χ0v) is 28.4. The topological polar surface area (TPSA) is 145 Å². The zero-order valence-electron chi connectivity index (χ0n) is 28.4. The first-order valence-corrected chi connectivity index (χ1v) is 16.4. The number of esters is 4. The Bertz CT molecular complexity index is 1850. The van der Waals surface area contributed by atoms with E-state index in [4.69, 9.17) is 28.1 Å². The lowest BCUT2D eigenvalue weighted by atomic mass is 9.66. The van der Waals surface area contributed by atoms with Crippen LogP contribution in [0.2, 0.25) is 0 Å². The average Bonchev–Trinajstić information content (AvgIpc) is 3.46. The summed E-state index contributed by atoms with van der Waals surface area (Å²) >= 11 is 0. The summed E-state index contributed by atoms with van der Waals surface area (Å²) in [5.74, 6) is -1.83. The lowest BCUT2D eigenvalue weighted by Gasteiger charge is -2.45. The van der Waals surface area contributed by atoms with Crippen molar-refractivity contribution >= 4 is 34.8 Å². The maximum Gasteiger partial charge on any atom is 0.351 e. The number of aryl methyl sites for hydroxylation is 1. The zero-order chi connectivity index (χ0) is 34.3. The molecule has 11 nitrogen and oxygen atoms in total. The van der Waals surface area contributed by atoms with Crippen LogP contribution in [-0.4, -0.2) is 46.8 Å². The van der Waals surface area contributed by atoms with Crippen molar-refractivity contribution in [1.82, 2.24) is 0 Å². The van der Waals surface area contributed by atoms with E-state index in [1.165, 1.54) is 6.07 Å². The maximum absolute atomic E-state index is 14.5. The lowest BCUT2D eigenvalue weighted by Crippen LogP contribution is -2.57. The number of ether oxygens (including phenoxy) is 5. The fourth-order valence-corrected chi connectivity index (χ4v) is 8.81. The molecule has 11 heteroatoms. The molecule has 1 aromatic heterocycles. The molecule has 2 aliphatic carbocycles. The van der Waals surface area contributed by atoms with Gasteiger partial charge in [-0.05, 0) is 65.5 Å². The first-order valence-electron chi connectivity index (χ1n) is 16.4. The third kappa shape index (κ3) is 3.55. The van der Waals surface area contributed by atoms with E-state index in [0.717, 1.165) is 0 Å². The minimum atomic E-state index is -1.59. The molecule has 6 atom stereocenters. The van der Waals surface area contributed by atoms with Crippen molar-refractivity contribution in [3.63, 3.8) is 0 Å². The molecule has 252 valence electrons. The number of fused-ring (bicyclic) bond motifs is 7. The Morgan fingerprint density at radius 1 is 0.766 bits per heavy atom. The van der Waals surface area contributed by atoms with Crippen molar-refractivity contribution < 1.29 is 47.3 Å². The summed E-state index contributed by atoms with van der Waals surface area (Å²) in [5, 5.41) is 0.227. The molecule has 2 saturated carbocycles. The molecule has 0 radical (unpaired) electrons. The third-order valence-electron chi connectivity index (χ3n) is 13.2. The van der Waals surface area contributed by atoms with E-state index in [9.17, 15) is 24.0 Å². The fraction of sp³-hybridized carbons (Fsp3) is 0.639. The van der Waals surface area contributed by atoms with E-state index in [0.29, 0.717) is 25.0 Å². The molecule has 2 saturated heterocycles. The molecule has 0 unspecified atom stereocenters. The number of carbonyl (C=O) groups excluding carboxylic acids is 4. The molecule has 0 N–H and O–H groups in total. The third-order valence-corrected chi connectivity index (χ3v) is 13.2. The Labute approximate surface area is 272 Å². The van der Waals surface area contributed by atoms with E-state index in [1.807, 2.05) is 34.6 Å². The van der Waals surface area contributed by atoms with Crippen molar-refractivity contribution in [3.8, 4) is 5.75 Å². The molecule has 47 heavy (non-hydrogen) atoms. The molecule has 4 bridgehead atoms. The van der Waals surface area contributed by atoms with Crippen LogP contribution in [0.5, 0.6) is 5.75 Å². The first kappa shape index (κ1) is 31.7. The van der Waals surface area contributed by atoms with E-state index in [-0.39, 0.29) is 40.6 Å². The van der Waals surface area contributed by atoms with E-state index in [2.05, 4.69) is 0 Å². The van der Waals surface area contributed by atoms with Gasteiger partial charge in [0, 0.05) is 23.3 Å². The summed E-state index contributed by atoms with van der Waals surface area (Å²) < 4.78 is 37.1. The molecule has 5 aliphatic rings. The summed E-state index contributed by atoms with van der Waals surface area (Å²) in [7, 11) is 0. The highest BCUT2D eigenvalue weighted by molar-refractivity contribution is 5.95. The van der Waals surface area contributed by atoms with Crippen LogP contribution < -0.4 is 10.2 Å². The number of benzene rings is 1. The molecule has 3 aliphatic heterocycles. The van der Waals surface area contributed by atoms with Gasteiger partial charge in [-0.15, -0.1) is 0 Å². The lowest BCUT2D eigenvalue weighted by molar-refractivity contribution is -0.217. The summed E-state index contributed by atoms with van der Waals surface area (Å²) in [6, 6.07) is 4.60. The van der Waals surface area contributed by atoms with Crippen LogP contribution in [-0.2, 0) is 44.5 Å². The Kier molecular flexibility index (Phi) is 6.18. The van der Waals surface area contributed by atoms with E-state index in [1.54, 1.807) is 39.8 Å². The maximum atomic E-state index is 14.5. The second-order valence-corrected chi connectivity index (χ2v) is 16.0. The number of hydrogen-bond donors (Lipinski definition) is 0. The Morgan fingerprint density at radius 2 is 1.30 bits per heavy atom. The number of rotatable bonds is 5. The quantitative estimate of drug-likeness (QED) is 0.308. The van der Waals surface area contributed by atoms with Crippen molar-refractivity contribution in [1.29, 1.82) is 0 Å². The molecule has 4 fully saturated rings. The van der Waals surface area contributed by atoms with Gasteiger partial charge in [0.2, 0.25) is 11.2 Å². The van der Waals surface area contributed by atoms with Gasteiger partial charge < -0.3 is 28.1 Å². The van der Waals surface area contributed by atoms with E-state index < -0.39 is 74.5 Å². The van der Waals surface area contributed by atoms with Crippen molar-refractivity contribution in [2.24, 2.45) is 21.7 Å². The predicted molar refractivity (Wildman–Crippen MR) is 165 cm³/mol. The van der Waals surface area contributed by atoms with Gasteiger partial charge >= 0.3 is 23.9 Å². The molecule has 0 amide bonds. The highest BCUT2D eigenvalue weighted by Gasteiger charge is 2.78. The summed E-state index contributed by atoms with van der Waals surface area (Å²) in [5.41, 5.74) is -7.99. The highest BCUT2D eigenvalue weighted by atomic mass is 16.7. The van der Waals surface area contributed by atoms with Gasteiger partial charge in [0.1, 0.15) is 22.7 Å². The monoisotopic (exact) mass is 650 g/mol. The SMILES string of the molecule is CCc1cc(=O)c2ccc3c(c2o1)[C@@H](OC(=O)[C@@]12CC[C@@](C)(C(=O)O1)C2(C)C)[C@@H](OC(=O)[C@@]12CC[C@@](C)(C(=O)O1)C2(C)C)C(C)(C)O3. The highest BCUT2D eigenvalue weighted by Crippen LogP contribution is 2.67. The number of carbonyl (C=O) groups is 4. The van der Waals surface area contributed by atoms with Gasteiger partial charge in [0.15, 0.2) is 17.6 Å². The van der Waals surface area contributed by atoms with Gasteiger partial charge in [-0.25, -0.2) is 9.59 Å². The van der Waals surface area contributed by atoms with Crippen LogP contribution in [0, 0.1) is 21.7 Å². The Hall–Kier alpha value is -3.89. The van der Waals surface area contributed by atoms with Crippen LogP contribution in [0.15, 0.2) is 27.4 Å². The minimum Gasteiger partial charge on any atom is -0.483 e. The van der Waals surface area contributed by atoms with Gasteiger partial charge in [0.25, 0.3) is 0 Å². The normalized spacial score (nSPS) is 36.8. The van der Waals surface area contributed by atoms with Crippen LogP contribution in [0.3, 0.4) is 0 Å². The van der Waals surface area contributed by atoms with Crippen LogP contribution >= 0.6 is 0 Å². The van der Waals surface area contributed by atoms with Crippen molar-refractivity contribution in [2.75, 3.05) is 0 Å². The average molecular weight is 651 g/mol. The van der Waals surface area contributed by atoms with Crippen LogP contribution in [0.1, 0.15) is 105 Å².